The molecule has 0 saturated carbocycles. The molecule has 9 nitrogen and oxygen atoms in total. The van der Waals surface area contributed by atoms with Crippen molar-refractivity contribution in [3.05, 3.63) is 66.9 Å². The van der Waals surface area contributed by atoms with Crippen LogP contribution in [0.25, 0.3) is 0 Å². The lowest BCUT2D eigenvalue weighted by molar-refractivity contribution is -0.136. The molecule has 2 amide bonds. The molecule has 174 valence electrons. The minimum absolute atomic E-state index is 0.0159. The Hall–Kier alpha value is -4.08. The largest absolute Gasteiger partial charge is 0.353 e. The molecule has 2 saturated heterocycles. The lowest BCUT2D eigenvalue weighted by atomic mass is 10.1. The van der Waals surface area contributed by atoms with E-state index in [1.54, 1.807) is 23.2 Å². The Bertz CT molecular complexity index is 1170. The molecule has 0 aliphatic carbocycles. The van der Waals surface area contributed by atoms with E-state index in [1.807, 2.05) is 29.2 Å². The van der Waals surface area contributed by atoms with Crippen molar-refractivity contribution >= 4 is 35.0 Å². The number of carbonyl (C=O) groups is 2. The van der Waals surface area contributed by atoms with Crippen molar-refractivity contribution in [2.75, 3.05) is 47.8 Å². The van der Waals surface area contributed by atoms with Gasteiger partial charge in [0, 0.05) is 57.1 Å². The minimum Gasteiger partial charge on any atom is -0.353 e. The van der Waals surface area contributed by atoms with Crippen LogP contribution in [0.2, 0.25) is 0 Å². The SMILES string of the molecule is O=C(C1CC(=O)N(c2ccc(F)cc2)C1)N1CCN(c2cc(Nc3ccccn3)ncn2)CC1. The normalized spacial score (nSPS) is 18.3. The summed E-state index contributed by atoms with van der Waals surface area (Å²) in [5, 5.41) is 3.16. The Morgan fingerprint density at radius 2 is 1.76 bits per heavy atom. The maximum absolute atomic E-state index is 13.2. The number of aromatic nitrogens is 3. The molecule has 0 spiro atoms. The number of rotatable bonds is 5. The van der Waals surface area contributed by atoms with Gasteiger partial charge in [-0.05, 0) is 36.4 Å². The number of nitrogens with one attached hydrogen (secondary N) is 1. The third kappa shape index (κ3) is 4.66. The number of halogens is 1. The van der Waals surface area contributed by atoms with Gasteiger partial charge in [-0.2, -0.15) is 0 Å². The predicted octanol–water partition coefficient (Wildman–Crippen LogP) is 2.46. The molecule has 2 fully saturated rings. The molecule has 2 aliphatic heterocycles. The average Bonchev–Trinajstić information content (AvgIpc) is 3.26. The van der Waals surface area contributed by atoms with E-state index in [2.05, 4.69) is 25.2 Å². The minimum atomic E-state index is -0.391. The summed E-state index contributed by atoms with van der Waals surface area (Å²) in [6.45, 7) is 2.68. The highest BCUT2D eigenvalue weighted by Crippen LogP contribution is 2.27. The first-order chi connectivity index (χ1) is 16.6. The molecule has 2 aliphatic rings. The Morgan fingerprint density at radius 1 is 0.971 bits per heavy atom. The molecule has 1 unspecified atom stereocenters. The summed E-state index contributed by atoms with van der Waals surface area (Å²) in [4.78, 5) is 44.0. The van der Waals surface area contributed by atoms with Gasteiger partial charge in [0.15, 0.2) is 0 Å². The smallest absolute Gasteiger partial charge is 0.228 e. The zero-order chi connectivity index (χ0) is 23.5. The van der Waals surface area contributed by atoms with E-state index < -0.39 is 5.92 Å². The van der Waals surface area contributed by atoms with E-state index in [0.717, 1.165) is 5.82 Å². The highest BCUT2D eigenvalue weighted by atomic mass is 19.1. The van der Waals surface area contributed by atoms with Crippen molar-refractivity contribution < 1.29 is 14.0 Å². The van der Waals surface area contributed by atoms with Gasteiger partial charge >= 0.3 is 0 Å². The lowest BCUT2D eigenvalue weighted by Crippen LogP contribution is -2.51. The Labute approximate surface area is 196 Å². The number of amides is 2. The molecular formula is C24H24FN7O2. The van der Waals surface area contributed by atoms with Crippen LogP contribution in [0.4, 0.5) is 27.5 Å². The number of benzene rings is 1. The van der Waals surface area contributed by atoms with Crippen LogP contribution in [0.5, 0.6) is 0 Å². The van der Waals surface area contributed by atoms with Gasteiger partial charge in [0.25, 0.3) is 0 Å². The topological polar surface area (TPSA) is 94.6 Å². The third-order valence-electron chi connectivity index (χ3n) is 6.10. The molecule has 1 atom stereocenters. The predicted molar refractivity (Wildman–Crippen MR) is 125 cm³/mol. The molecule has 1 aromatic carbocycles. The van der Waals surface area contributed by atoms with E-state index in [-0.39, 0.29) is 24.1 Å². The van der Waals surface area contributed by atoms with Crippen LogP contribution in [0.1, 0.15) is 6.42 Å². The zero-order valence-corrected chi connectivity index (χ0v) is 18.5. The van der Waals surface area contributed by atoms with Crippen LogP contribution in [-0.4, -0.2) is 64.4 Å². The van der Waals surface area contributed by atoms with Gasteiger partial charge in [0.1, 0.15) is 29.6 Å². The maximum atomic E-state index is 13.2. The molecule has 4 heterocycles. The van der Waals surface area contributed by atoms with Gasteiger partial charge in [-0.3, -0.25) is 9.59 Å². The molecule has 2 aromatic heterocycles. The first-order valence-corrected chi connectivity index (χ1v) is 11.2. The molecular weight excluding hydrogens is 437 g/mol. The van der Waals surface area contributed by atoms with Gasteiger partial charge < -0.3 is 20.0 Å². The monoisotopic (exact) mass is 461 g/mol. The van der Waals surface area contributed by atoms with Gasteiger partial charge in [-0.15, -0.1) is 0 Å². The standard InChI is InChI=1S/C24H24FN7O2/c25-18-4-6-19(7-5-18)32-15-17(13-23(32)33)24(34)31-11-9-30(10-12-31)22-14-21(27-16-28-22)29-20-3-1-2-8-26-20/h1-8,14,16-17H,9-13,15H2,(H,26,27,28,29). The number of hydrogen-bond acceptors (Lipinski definition) is 7. The molecule has 0 radical (unpaired) electrons. The van der Waals surface area contributed by atoms with Gasteiger partial charge in [-0.1, -0.05) is 6.07 Å². The van der Waals surface area contributed by atoms with Crippen LogP contribution in [0.15, 0.2) is 61.1 Å². The number of anilines is 4. The number of carbonyl (C=O) groups excluding carboxylic acids is 2. The second-order valence-electron chi connectivity index (χ2n) is 8.30. The fourth-order valence-electron chi connectivity index (χ4n) is 4.31. The lowest BCUT2D eigenvalue weighted by Gasteiger charge is -2.36. The first-order valence-electron chi connectivity index (χ1n) is 11.2. The van der Waals surface area contributed by atoms with Crippen molar-refractivity contribution in [3.8, 4) is 0 Å². The fraction of sp³-hybridized carbons (Fsp3) is 0.292. The van der Waals surface area contributed by atoms with Crippen LogP contribution in [0, 0.1) is 11.7 Å². The Morgan fingerprint density at radius 3 is 2.50 bits per heavy atom. The van der Waals surface area contributed by atoms with Gasteiger partial charge in [0.05, 0.1) is 5.92 Å². The Balaban J connectivity index is 1.18. The van der Waals surface area contributed by atoms with E-state index in [4.69, 9.17) is 0 Å². The number of nitrogens with zero attached hydrogens (tertiary/aromatic N) is 6. The average molecular weight is 462 g/mol. The van der Waals surface area contributed by atoms with Crippen molar-refractivity contribution in [2.24, 2.45) is 5.92 Å². The molecule has 34 heavy (non-hydrogen) atoms. The summed E-state index contributed by atoms with van der Waals surface area (Å²) in [5.41, 5.74) is 0.616. The summed E-state index contributed by atoms with van der Waals surface area (Å²) < 4.78 is 13.2. The summed E-state index contributed by atoms with van der Waals surface area (Å²) in [6, 6.07) is 13.2. The van der Waals surface area contributed by atoms with Gasteiger partial charge in [0.2, 0.25) is 11.8 Å². The maximum Gasteiger partial charge on any atom is 0.228 e. The van der Waals surface area contributed by atoms with Gasteiger partial charge in [-0.25, -0.2) is 19.3 Å². The summed E-state index contributed by atoms with van der Waals surface area (Å²) in [5.74, 6) is 1.24. The number of hydrogen-bond donors (Lipinski definition) is 1. The Kier molecular flexibility index (Phi) is 6.03. The summed E-state index contributed by atoms with van der Waals surface area (Å²) in [6.07, 6.45) is 3.38. The number of piperazine rings is 1. The van der Waals surface area contributed by atoms with Crippen LogP contribution < -0.4 is 15.1 Å². The van der Waals surface area contributed by atoms with Crippen molar-refractivity contribution in [1.82, 2.24) is 19.9 Å². The van der Waals surface area contributed by atoms with Crippen LogP contribution in [0.3, 0.4) is 0 Å². The highest BCUT2D eigenvalue weighted by Gasteiger charge is 2.38. The molecule has 3 aromatic rings. The van der Waals surface area contributed by atoms with E-state index >= 15 is 0 Å². The third-order valence-corrected chi connectivity index (χ3v) is 6.10. The summed E-state index contributed by atoms with van der Waals surface area (Å²) >= 11 is 0. The fourth-order valence-corrected chi connectivity index (χ4v) is 4.31. The highest BCUT2D eigenvalue weighted by molar-refractivity contribution is 6.00. The number of pyridine rings is 1. The zero-order valence-electron chi connectivity index (χ0n) is 18.5. The van der Waals surface area contributed by atoms with Crippen molar-refractivity contribution in [2.45, 2.75) is 6.42 Å². The van der Waals surface area contributed by atoms with E-state index in [0.29, 0.717) is 50.0 Å². The second-order valence-corrected chi connectivity index (χ2v) is 8.30. The quantitative estimate of drug-likeness (QED) is 0.624. The van der Waals surface area contributed by atoms with Crippen LogP contribution in [-0.2, 0) is 9.59 Å². The second kappa shape index (κ2) is 9.42. The first kappa shape index (κ1) is 21.7. The van der Waals surface area contributed by atoms with Crippen LogP contribution >= 0.6 is 0 Å². The van der Waals surface area contributed by atoms with E-state index in [9.17, 15) is 14.0 Å². The van der Waals surface area contributed by atoms with Crippen molar-refractivity contribution in [3.63, 3.8) is 0 Å². The molecule has 0 bridgehead atoms. The molecule has 5 rings (SSSR count). The van der Waals surface area contributed by atoms with E-state index in [1.165, 1.54) is 18.5 Å². The van der Waals surface area contributed by atoms with Crippen molar-refractivity contribution in [1.29, 1.82) is 0 Å². The molecule has 1 N–H and O–H groups in total. The summed E-state index contributed by atoms with van der Waals surface area (Å²) in [7, 11) is 0. The molecule has 10 heteroatoms.